The summed E-state index contributed by atoms with van der Waals surface area (Å²) >= 11 is 0. The molecule has 1 amide bonds. The Morgan fingerprint density at radius 1 is 1.47 bits per heavy atom. The highest BCUT2D eigenvalue weighted by atomic mass is 16.3. The minimum Gasteiger partial charge on any atom is -0.466 e. The molecule has 0 aromatic carbocycles. The van der Waals surface area contributed by atoms with E-state index in [1.807, 2.05) is 33.8 Å². The van der Waals surface area contributed by atoms with E-state index in [0.717, 1.165) is 17.1 Å². The van der Waals surface area contributed by atoms with E-state index in [4.69, 9.17) is 10.2 Å². The Morgan fingerprint density at radius 3 is 2.59 bits per heavy atom. The molecule has 0 saturated heterocycles. The summed E-state index contributed by atoms with van der Waals surface area (Å²) in [6.07, 6.45) is 0.710. The molecule has 2 unspecified atom stereocenters. The molecule has 4 heteroatoms. The van der Waals surface area contributed by atoms with E-state index in [1.54, 1.807) is 0 Å². The molecule has 0 saturated carbocycles. The van der Waals surface area contributed by atoms with Gasteiger partial charge >= 0.3 is 0 Å². The fourth-order valence-electron chi connectivity index (χ4n) is 1.89. The number of carbonyl (C=O) groups excluding carboxylic acids is 1. The third-order valence-corrected chi connectivity index (χ3v) is 2.95. The van der Waals surface area contributed by atoms with E-state index < -0.39 is 0 Å². The van der Waals surface area contributed by atoms with Gasteiger partial charge in [0.15, 0.2) is 0 Å². The fourth-order valence-corrected chi connectivity index (χ4v) is 1.89. The van der Waals surface area contributed by atoms with E-state index in [9.17, 15) is 4.79 Å². The molecule has 96 valence electrons. The maximum Gasteiger partial charge on any atom is 0.223 e. The Balaban J connectivity index is 2.63. The van der Waals surface area contributed by atoms with Gasteiger partial charge in [-0.25, -0.2) is 0 Å². The average Bonchev–Trinajstić information content (AvgIpc) is 2.58. The maximum atomic E-state index is 11.8. The van der Waals surface area contributed by atoms with Gasteiger partial charge in [0, 0.05) is 11.5 Å². The van der Waals surface area contributed by atoms with Crippen LogP contribution in [0.15, 0.2) is 10.5 Å². The summed E-state index contributed by atoms with van der Waals surface area (Å²) in [6.45, 7) is 8.20. The highest BCUT2D eigenvalue weighted by Gasteiger charge is 2.18. The second-order valence-corrected chi connectivity index (χ2v) is 4.58. The summed E-state index contributed by atoms with van der Waals surface area (Å²) in [6, 6.07) is 1.94. The van der Waals surface area contributed by atoms with Crippen molar-refractivity contribution in [1.29, 1.82) is 0 Å². The molecule has 0 aliphatic rings. The fraction of sp³-hybridized carbons (Fsp3) is 0.615. The summed E-state index contributed by atoms with van der Waals surface area (Å²) in [4.78, 5) is 11.8. The van der Waals surface area contributed by atoms with Gasteiger partial charge in [-0.15, -0.1) is 0 Å². The Kier molecular flexibility index (Phi) is 4.75. The number of carbonyl (C=O) groups is 1. The van der Waals surface area contributed by atoms with E-state index in [1.165, 1.54) is 0 Å². The van der Waals surface area contributed by atoms with Crippen LogP contribution in [0.2, 0.25) is 0 Å². The van der Waals surface area contributed by atoms with Crippen molar-refractivity contribution in [2.45, 2.75) is 40.2 Å². The zero-order valence-electron chi connectivity index (χ0n) is 11.0. The third-order valence-electron chi connectivity index (χ3n) is 2.95. The second kappa shape index (κ2) is 5.87. The second-order valence-electron chi connectivity index (χ2n) is 4.58. The van der Waals surface area contributed by atoms with Gasteiger partial charge in [-0.1, -0.05) is 6.92 Å². The minimum atomic E-state index is -0.0456. The molecule has 0 aliphatic heterocycles. The van der Waals surface area contributed by atoms with Crippen LogP contribution >= 0.6 is 0 Å². The van der Waals surface area contributed by atoms with Gasteiger partial charge in [0.2, 0.25) is 5.91 Å². The van der Waals surface area contributed by atoms with Crippen LogP contribution < -0.4 is 11.1 Å². The molecule has 1 heterocycles. The lowest BCUT2D eigenvalue weighted by atomic mass is 10.0. The van der Waals surface area contributed by atoms with Crippen molar-refractivity contribution in [3.05, 3.63) is 23.2 Å². The number of amides is 1. The first kappa shape index (κ1) is 13.8. The standard InChI is InChI=1S/C13H22N2O2/c1-8(5-6-14)13(16)15-10(3)12-7-9(2)17-11(12)4/h7-8,10H,5-6,14H2,1-4H3,(H,15,16). The van der Waals surface area contributed by atoms with Crippen LogP contribution in [0.25, 0.3) is 0 Å². The van der Waals surface area contributed by atoms with Crippen molar-refractivity contribution in [1.82, 2.24) is 5.32 Å². The summed E-state index contributed by atoms with van der Waals surface area (Å²) in [5.41, 5.74) is 6.48. The van der Waals surface area contributed by atoms with Crippen molar-refractivity contribution >= 4 is 5.91 Å². The van der Waals surface area contributed by atoms with E-state index in [-0.39, 0.29) is 17.9 Å². The van der Waals surface area contributed by atoms with Crippen LogP contribution in [-0.2, 0) is 4.79 Å². The quantitative estimate of drug-likeness (QED) is 0.825. The monoisotopic (exact) mass is 238 g/mol. The van der Waals surface area contributed by atoms with Crippen LogP contribution in [0.3, 0.4) is 0 Å². The molecular formula is C13H22N2O2. The molecular weight excluding hydrogens is 216 g/mol. The Morgan fingerprint density at radius 2 is 2.12 bits per heavy atom. The average molecular weight is 238 g/mol. The molecule has 4 nitrogen and oxygen atoms in total. The lowest BCUT2D eigenvalue weighted by Gasteiger charge is -2.16. The van der Waals surface area contributed by atoms with Gasteiger partial charge < -0.3 is 15.5 Å². The molecule has 1 aromatic heterocycles. The van der Waals surface area contributed by atoms with Gasteiger partial charge in [0.1, 0.15) is 11.5 Å². The summed E-state index contributed by atoms with van der Waals surface area (Å²) in [5, 5.41) is 2.98. The summed E-state index contributed by atoms with van der Waals surface area (Å²) in [5.74, 6) is 1.73. The third kappa shape index (κ3) is 3.60. The Bertz CT molecular complexity index is 385. The van der Waals surface area contributed by atoms with Gasteiger partial charge in [-0.3, -0.25) is 4.79 Å². The molecule has 17 heavy (non-hydrogen) atoms. The van der Waals surface area contributed by atoms with Gasteiger partial charge in [0.25, 0.3) is 0 Å². The first-order valence-corrected chi connectivity index (χ1v) is 6.03. The Labute approximate surface area is 103 Å². The number of aryl methyl sites for hydroxylation is 2. The number of hydrogen-bond donors (Lipinski definition) is 2. The van der Waals surface area contributed by atoms with Gasteiger partial charge in [-0.2, -0.15) is 0 Å². The molecule has 1 rings (SSSR count). The van der Waals surface area contributed by atoms with Crippen LogP contribution in [-0.4, -0.2) is 12.5 Å². The highest BCUT2D eigenvalue weighted by Crippen LogP contribution is 2.21. The van der Waals surface area contributed by atoms with Crippen LogP contribution in [0.1, 0.15) is 43.4 Å². The molecule has 2 atom stereocenters. The van der Waals surface area contributed by atoms with Crippen molar-refractivity contribution in [2.75, 3.05) is 6.54 Å². The van der Waals surface area contributed by atoms with Crippen molar-refractivity contribution in [3.8, 4) is 0 Å². The number of furan rings is 1. The van der Waals surface area contributed by atoms with E-state index in [0.29, 0.717) is 13.0 Å². The largest absolute Gasteiger partial charge is 0.466 e. The van der Waals surface area contributed by atoms with Crippen LogP contribution in [0.5, 0.6) is 0 Å². The first-order chi connectivity index (χ1) is 7.95. The summed E-state index contributed by atoms with van der Waals surface area (Å²) < 4.78 is 5.45. The molecule has 0 fully saturated rings. The van der Waals surface area contributed by atoms with Gasteiger partial charge in [0.05, 0.1) is 6.04 Å². The predicted octanol–water partition coefficient (Wildman–Crippen LogP) is 2.06. The number of nitrogens with two attached hydrogens (primary N) is 1. The van der Waals surface area contributed by atoms with Crippen LogP contribution in [0.4, 0.5) is 0 Å². The van der Waals surface area contributed by atoms with Crippen molar-refractivity contribution in [2.24, 2.45) is 11.7 Å². The number of hydrogen-bond acceptors (Lipinski definition) is 3. The molecule has 0 aliphatic carbocycles. The molecule has 3 N–H and O–H groups in total. The van der Waals surface area contributed by atoms with E-state index in [2.05, 4.69) is 5.32 Å². The minimum absolute atomic E-state index is 0.0276. The maximum absolute atomic E-state index is 11.8. The molecule has 0 bridgehead atoms. The Hall–Kier alpha value is -1.29. The number of rotatable bonds is 5. The lowest BCUT2D eigenvalue weighted by Crippen LogP contribution is -2.32. The smallest absolute Gasteiger partial charge is 0.223 e. The zero-order valence-corrected chi connectivity index (χ0v) is 11.0. The van der Waals surface area contributed by atoms with Crippen molar-refractivity contribution < 1.29 is 9.21 Å². The summed E-state index contributed by atoms with van der Waals surface area (Å²) in [7, 11) is 0. The SMILES string of the molecule is Cc1cc(C(C)NC(=O)C(C)CCN)c(C)o1. The first-order valence-electron chi connectivity index (χ1n) is 6.03. The number of nitrogens with one attached hydrogen (secondary N) is 1. The molecule has 1 aromatic rings. The molecule has 0 radical (unpaired) electrons. The van der Waals surface area contributed by atoms with E-state index >= 15 is 0 Å². The van der Waals surface area contributed by atoms with Crippen LogP contribution in [0, 0.1) is 19.8 Å². The van der Waals surface area contributed by atoms with Gasteiger partial charge in [-0.05, 0) is 39.8 Å². The zero-order chi connectivity index (χ0) is 13.0. The topological polar surface area (TPSA) is 68.3 Å². The highest BCUT2D eigenvalue weighted by molar-refractivity contribution is 5.78. The molecule has 0 spiro atoms. The predicted molar refractivity (Wildman–Crippen MR) is 67.6 cm³/mol. The van der Waals surface area contributed by atoms with Crippen molar-refractivity contribution in [3.63, 3.8) is 0 Å². The lowest BCUT2D eigenvalue weighted by molar-refractivity contribution is -0.125. The normalized spacial score (nSPS) is 14.4.